The number of ether oxygens (including phenoxy) is 1. The lowest BCUT2D eigenvalue weighted by Gasteiger charge is -2.16. The highest BCUT2D eigenvalue weighted by atomic mass is 16.5. The van der Waals surface area contributed by atoms with Crippen molar-refractivity contribution in [2.75, 3.05) is 13.2 Å². The molecule has 0 bridgehead atoms. The summed E-state index contributed by atoms with van der Waals surface area (Å²) in [7, 11) is 0. The predicted molar refractivity (Wildman–Crippen MR) is 101 cm³/mol. The topological polar surface area (TPSA) is 172 Å². The van der Waals surface area contributed by atoms with E-state index in [0.717, 1.165) is 0 Å². The number of nitrogens with two attached hydrogens (primary N) is 3. The first-order valence-electron chi connectivity index (χ1n) is 8.98. The molecule has 10 nitrogen and oxygen atoms in total. The van der Waals surface area contributed by atoms with Gasteiger partial charge in [-0.2, -0.15) is 0 Å². The molecule has 1 heterocycles. The summed E-state index contributed by atoms with van der Waals surface area (Å²) >= 11 is 0. The minimum atomic E-state index is -0.837. The average Bonchev–Trinajstić information content (AvgIpc) is 3.07. The Morgan fingerprint density at radius 2 is 2.07 bits per heavy atom. The molecule has 0 radical (unpaired) electrons. The van der Waals surface area contributed by atoms with Crippen LogP contribution in [0.2, 0.25) is 0 Å². The molecule has 2 atom stereocenters. The van der Waals surface area contributed by atoms with Crippen LogP contribution in [0.1, 0.15) is 62.5 Å². The number of nitrogens with zero attached hydrogens (tertiary/aromatic N) is 2. The number of guanidine groups is 1. The second kappa shape index (κ2) is 11.2. The number of aromatic nitrogens is 1. The molecule has 0 aliphatic carbocycles. The minimum absolute atomic E-state index is 0.0282. The van der Waals surface area contributed by atoms with E-state index >= 15 is 0 Å². The Morgan fingerprint density at radius 3 is 2.67 bits per heavy atom. The fourth-order valence-electron chi connectivity index (χ4n) is 2.40. The Labute approximate surface area is 158 Å². The van der Waals surface area contributed by atoms with Crippen molar-refractivity contribution < 1.29 is 18.7 Å². The Balaban J connectivity index is 2.73. The normalized spacial score (nSPS) is 13.1. The molecule has 1 aromatic heterocycles. The highest BCUT2D eigenvalue weighted by Crippen LogP contribution is 2.18. The van der Waals surface area contributed by atoms with Crippen molar-refractivity contribution in [3.63, 3.8) is 0 Å². The molecule has 0 saturated carbocycles. The summed E-state index contributed by atoms with van der Waals surface area (Å²) in [5.74, 6) is -0.450. The first-order chi connectivity index (χ1) is 12.7. The first-order valence-corrected chi connectivity index (χ1v) is 8.98. The van der Waals surface area contributed by atoms with E-state index in [4.69, 9.17) is 26.4 Å². The summed E-state index contributed by atoms with van der Waals surface area (Å²) in [5, 5.41) is 2.61. The number of carbonyl (C=O) groups excluding carboxylic acids is 2. The maximum Gasteiger partial charge on any atom is 0.328 e. The molecule has 152 valence electrons. The predicted octanol–water partition coefficient (Wildman–Crippen LogP) is 0.436. The second-order valence-electron chi connectivity index (χ2n) is 6.53. The van der Waals surface area contributed by atoms with E-state index in [0.29, 0.717) is 31.7 Å². The summed E-state index contributed by atoms with van der Waals surface area (Å²) in [6, 6.07) is -1.23. The van der Waals surface area contributed by atoms with Gasteiger partial charge < -0.3 is 31.7 Å². The van der Waals surface area contributed by atoms with E-state index in [1.54, 1.807) is 6.92 Å². The van der Waals surface area contributed by atoms with Gasteiger partial charge in [-0.1, -0.05) is 13.8 Å². The average molecular weight is 382 g/mol. The van der Waals surface area contributed by atoms with Crippen molar-refractivity contribution in [2.45, 2.75) is 52.1 Å². The van der Waals surface area contributed by atoms with E-state index < -0.39 is 24.0 Å². The van der Waals surface area contributed by atoms with Gasteiger partial charge in [-0.25, -0.2) is 9.78 Å². The van der Waals surface area contributed by atoms with Crippen LogP contribution < -0.4 is 22.5 Å². The highest BCUT2D eigenvalue weighted by molar-refractivity contribution is 5.94. The van der Waals surface area contributed by atoms with Crippen LogP contribution in [0.25, 0.3) is 0 Å². The summed E-state index contributed by atoms with van der Waals surface area (Å²) < 4.78 is 10.3. The number of oxazole rings is 1. The van der Waals surface area contributed by atoms with E-state index in [9.17, 15) is 9.59 Å². The number of hydrogen-bond acceptors (Lipinski definition) is 7. The zero-order chi connectivity index (χ0) is 20.4. The molecule has 2 unspecified atom stereocenters. The van der Waals surface area contributed by atoms with Gasteiger partial charge in [-0.3, -0.25) is 9.79 Å². The molecule has 0 spiro atoms. The van der Waals surface area contributed by atoms with Crippen molar-refractivity contribution in [1.82, 2.24) is 10.3 Å². The van der Waals surface area contributed by atoms with Gasteiger partial charge in [0.2, 0.25) is 5.89 Å². The molecule has 0 saturated heterocycles. The Hall–Kier alpha value is -2.62. The number of rotatable bonds is 11. The summed E-state index contributed by atoms with van der Waals surface area (Å²) in [6.07, 6.45) is 2.72. The maximum absolute atomic E-state index is 12.4. The molecule has 7 N–H and O–H groups in total. The van der Waals surface area contributed by atoms with E-state index in [-0.39, 0.29) is 24.2 Å². The smallest absolute Gasteiger partial charge is 0.328 e. The molecule has 0 aliphatic heterocycles. The van der Waals surface area contributed by atoms with Crippen molar-refractivity contribution >= 4 is 17.8 Å². The van der Waals surface area contributed by atoms with Crippen LogP contribution in [0.5, 0.6) is 0 Å². The lowest BCUT2D eigenvalue weighted by molar-refractivity contribution is -0.145. The Kier molecular flexibility index (Phi) is 9.27. The lowest BCUT2D eigenvalue weighted by Crippen LogP contribution is -2.42. The fourth-order valence-corrected chi connectivity index (χ4v) is 2.40. The number of aliphatic imine (C=N–C) groups is 1. The molecular formula is C17H30N6O4. The molecule has 10 heteroatoms. The van der Waals surface area contributed by atoms with Gasteiger partial charge in [0.15, 0.2) is 11.7 Å². The second-order valence-corrected chi connectivity index (χ2v) is 6.53. The van der Waals surface area contributed by atoms with Crippen molar-refractivity contribution in [3.8, 4) is 0 Å². The maximum atomic E-state index is 12.4. The SMILES string of the molecule is CCOC(=O)C(CCCN=C(N)N)NC(=O)c1coc(C(N)CC(C)C)n1. The molecule has 1 aromatic rings. The molecule has 0 aliphatic rings. The largest absolute Gasteiger partial charge is 0.464 e. The van der Waals surface area contributed by atoms with Crippen LogP contribution in [0.3, 0.4) is 0 Å². The van der Waals surface area contributed by atoms with E-state index in [2.05, 4.69) is 15.3 Å². The lowest BCUT2D eigenvalue weighted by atomic mass is 10.0. The zero-order valence-electron chi connectivity index (χ0n) is 16.1. The van der Waals surface area contributed by atoms with Crippen molar-refractivity contribution in [1.29, 1.82) is 0 Å². The molecule has 27 heavy (non-hydrogen) atoms. The van der Waals surface area contributed by atoms with Gasteiger partial charge in [-0.15, -0.1) is 0 Å². The van der Waals surface area contributed by atoms with Crippen molar-refractivity contribution in [2.24, 2.45) is 28.1 Å². The first kappa shape index (κ1) is 22.4. The minimum Gasteiger partial charge on any atom is -0.464 e. The fraction of sp³-hybridized carbons (Fsp3) is 0.647. The van der Waals surface area contributed by atoms with Gasteiger partial charge in [0, 0.05) is 6.54 Å². The Morgan fingerprint density at radius 1 is 1.37 bits per heavy atom. The number of esters is 1. The number of nitrogens with one attached hydrogen (secondary N) is 1. The van der Waals surface area contributed by atoms with Gasteiger partial charge in [-0.05, 0) is 32.1 Å². The highest BCUT2D eigenvalue weighted by Gasteiger charge is 2.24. The van der Waals surface area contributed by atoms with Gasteiger partial charge in [0.1, 0.15) is 12.3 Å². The van der Waals surface area contributed by atoms with Crippen LogP contribution in [0, 0.1) is 5.92 Å². The van der Waals surface area contributed by atoms with Gasteiger partial charge >= 0.3 is 5.97 Å². The van der Waals surface area contributed by atoms with E-state index in [1.165, 1.54) is 6.26 Å². The summed E-state index contributed by atoms with van der Waals surface area (Å²) in [4.78, 5) is 32.5. The molecule has 1 rings (SSSR count). The summed E-state index contributed by atoms with van der Waals surface area (Å²) in [6.45, 7) is 6.30. The van der Waals surface area contributed by atoms with Crippen LogP contribution in [0.4, 0.5) is 0 Å². The third-order valence-electron chi connectivity index (χ3n) is 3.62. The molecule has 1 amide bonds. The molecular weight excluding hydrogens is 352 g/mol. The van der Waals surface area contributed by atoms with Crippen LogP contribution in [-0.4, -0.2) is 42.0 Å². The molecule has 0 aromatic carbocycles. The van der Waals surface area contributed by atoms with Gasteiger partial charge in [0.25, 0.3) is 5.91 Å². The van der Waals surface area contributed by atoms with Crippen LogP contribution in [0.15, 0.2) is 15.7 Å². The quantitative estimate of drug-likeness (QED) is 0.185. The Bertz CT molecular complexity index is 639. The van der Waals surface area contributed by atoms with Crippen LogP contribution in [-0.2, 0) is 9.53 Å². The van der Waals surface area contributed by atoms with Crippen LogP contribution >= 0.6 is 0 Å². The zero-order valence-corrected chi connectivity index (χ0v) is 16.1. The van der Waals surface area contributed by atoms with Crippen molar-refractivity contribution in [3.05, 3.63) is 17.8 Å². The third-order valence-corrected chi connectivity index (χ3v) is 3.62. The van der Waals surface area contributed by atoms with E-state index in [1.807, 2.05) is 13.8 Å². The molecule has 0 fully saturated rings. The standard InChI is InChI=1S/C17H30N6O4/c1-4-26-16(25)12(6-5-7-21-17(19)20)22-14(24)13-9-27-15(23-13)11(18)8-10(2)3/h9-12H,4-8,18H2,1-3H3,(H,22,24)(H4,19,20,21). The number of carbonyl (C=O) groups is 2. The number of hydrogen-bond donors (Lipinski definition) is 4. The number of amides is 1. The van der Waals surface area contributed by atoms with Gasteiger partial charge in [0.05, 0.1) is 12.6 Å². The summed E-state index contributed by atoms with van der Waals surface area (Å²) in [5.41, 5.74) is 16.6. The monoisotopic (exact) mass is 382 g/mol. The third kappa shape index (κ3) is 8.07.